The number of thiazole rings is 1. The predicted molar refractivity (Wildman–Crippen MR) is 106 cm³/mol. The fraction of sp³-hybridized carbons (Fsp3) is 0.421. The molecule has 6 nitrogen and oxygen atoms in total. The molecular formula is C19H24N4O2S. The Morgan fingerprint density at radius 2 is 2.23 bits per heavy atom. The Balaban J connectivity index is 1.72. The van der Waals surface area contributed by atoms with Crippen molar-refractivity contribution < 1.29 is 9.53 Å². The second-order valence-electron chi connectivity index (χ2n) is 7.29. The molecule has 2 heterocycles. The van der Waals surface area contributed by atoms with Gasteiger partial charge in [0.05, 0.1) is 17.6 Å². The van der Waals surface area contributed by atoms with Crippen LogP contribution in [0.2, 0.25) is 0 Å². The van der Waals surface area contributed by atoms with Crippen LogP contribution in [0.4, 0.5) is 15.6 Å². The van der Waals surface area contributed by atoms with Crippen LogP contribution < -0.4 is 10.3 Å². The summed E-state index contributed by atoms with van der Waals surface area (Å²) in [5.74, 6) is 0. The van der Waals surface area contributed by atoms with Gasteiger partial charge in [0.1, 0.15) is 5.60 Å². The molecule has 1 aliphatic rings. The normalized spacial score (nSPS) is 14.4. The van der Waals surface area contributed by atoms with Crippen LogP contribution in [0.3, 0.4) is 0 Å². The Labute approximate surface area is 157 Å². The summed E-state index contributed by atoms with van der Waals surface area (Å²) in [6.07, 6.45) is 3.34. The lowest BCUT2D eigenvalue weighted by Gasteiger charge is -2.31. The monoisotopic (exact) mass is 372 g/mol. The van der Waals surface area contributed by atoms with Crippen LogP contribution in [0.25, 0.3) is 0 Å². The number of ether oxygens (including phenoxy) is 1. The Morgan fingerprint density at radius 1 is 1.42 bits per heavy atom. The maximum absolute atomic E-state index is 12.5. The van der Waals surface area contributed by atoms with Crippen LogP contribution in [0.5, 0.6) is 0 Å². The fourth-order valence-corrected chi connectivity index (χ4v) is 3.41. The van der Waals surface area contributed by atoms with Crippen molar-refractivity contribution in [1.29, 1.82) is 0 Å². The number of nitrogens with zero attached hydrogens (tertiary/aromatic N) is 3. The van der Waals surface area contributed by atoms with Crippen LogP contribution in [-0.4, -0.2) is 29.4 Å². The number of benzene rings is 1. The number of hydrazone groups is 1. The number of rotatable bonds is 3. The fourth-order valence-electron chi connectivity index (χ4n) is 2.77. The van der Waals surface area contributed by atoms with Gasteiger partial charge >= 0.3 is 6.09 Å². The number of carbonyl (C=O) groups is 1. The van der Waals surface area contributed by atoms with Gasteiger partial charge < -0.3 is 4.74 Å². The minimum absolute atomic E-state index is 0.291. The molecule has 0 atom stereocenters. The highest BCUT2D eigenvalue weighted by Gasteiger charge is 2.27. The molecule has 1 aromatic heterocycles. The Bertz CT molecular complexity index is 823. The number of hydrogen-bond acceptors (Lipinski definition) is 6. The lowest BCUT2D eigenvalue weighted by molar-refractivity contribution is 0.0578. The van der Waals surface area contributed by atoms with E-state index in [0.29, 0.717) is 6.54 Å². The number of hydrogen-bond donors (Lipinski definition) is 1. The van der Waals surface area contributed by atoms with Gasteiger partial charge in [-0.25, -0.2) is 9.78 Å². The molecule has 138 valence electrons. The molecule has 7 heteroatoms. The van der Waals surface area contributed by atoms with Crippen molar-refractivity contribution in [3.63, 3.8) is 0 Å². The van der Waals surface area contributed by atoms with Gasteiger partial charge in [-0.1, -0.05) is 6.07 Å². The van der Waals surface area contributed by atoms with E-state index in [1.807, 2.05) is 45.2 Å². The molecular weight excluding hydrogens is 348 g/mol. The SMILES string of the molecule is Cc1csc(NN=Cc2ccc3c(c2)CCCN3C(=O)OC(C)(C)C)n1. The molecule has 3 rings (SSSR count). The average molecular weight is 372 g/mol. The molecule has 0 aliphatic carbocycles. The first kappa shape index (κ1) is 18.4. The van der Waals surface area contributed by atoms with E-state index in [1.54, 1.807) is 11.1 Å². The van der Waals surface area contributed by atoms with Crippen LogP contribution in [0.1, 0.15) is 44.0 Å². The lowest BCUT2D eigenvalue weighted by Crippen LogP contribution is -2.39. The van der Waals surface area contributed by atoms with E-state index >= 15 is 0 Å². The Morgan fingerprint density at radius 3 is 2.92 bits per heavy atom. The van der Waals surface area contributed by atoms with Gasteiger partial charge in [-0.15, -0.1) is 11.3 Å². The maximum atomic E-state index is 12.5. The summed E-state index contributed by atoms with van der Waals surface area (Å²) in [5, 5.41) is 6.99. The molecule has 1 aliphatic heterocycles. The summed E-state index contributed by atoms with van der Waals surface area (Å²) in [4.78, 5) is 18.5. The summed E-state index contributed by atoms with van der Waals surface area (Å²) >= 11 is 1.52. The summed E-state index contributed by atoms with van der Waals surface area (Å²) in [7, 11) is 0. The minimum atomic E-state index is -0.499. The van der Waals surface area contributed by atoms with Crippen molar-refractivity contribution in [3.8, 4) is 0 Å². The van der Waals surface area contributed by atoms with Gasteiger partial charge in [0.15, 0.2) is 0 Å². The number of aromatic nitrogens is 1. The quantitative estimate of drug-likeness (QED) is 0.632. The van der Waals surface area contributed by atoms with Crippen LogP contribution in [0, 0.1) is 6.92 Å². The number of fused-ring (bicyclic) bond motifs is 1. The van der Waals surface area contributed by atoms with Crippen molar-refractivity contribution >= 4 is 34.5 Å². The van der Waals surface area contributed by atoms with E-state index < -0.39 is 5.60 Å². The van der Waals surface area contributed by atoms with Crippen LogP contribution in [0.15, 0.2) is 28.7 Å². The highest BCUT2D eigenvalue weighted by atomic mass is 32.1. The van der Waals surface area contributed by atoms with Crippen molar-refractivity contribution in [2.24, 2.45) is 5.10 Å². The first-order valence-corrected chi connectivity index (χ1v) is 9.54. The van der Waals surface area contributed by atoms with Crippen molar-refractivity contribution in [3.05, 3.63) is 40.4 Å². The average Bonchev–Trinajstić information content (AvgIpc) is 2.98. The molecule has 1 aromatic carbocycles. The molecule has 2 aromatic rings. The van der Waals surface area contributed by atoms with Crippen LogP contribution >= 0.6 is 11.3 Å². The van der Waals surface area contributed by atoms with E-state index in [2.05, 4.69) is 21.6 Å². The highest BCUT2D eigenvalue weighted by Crippen LogP contribution is 2.29. The third-order valence-corrected chi connectivity index (χ3v) is 4.69. The van der Waals surface area contributed by atoms with Gasteiger partial charge in [0.2, 0.25) is 5.13 Å². The molecule has 0 fully saturated rings. The second kappa shape index (κ2) is 7.45. The molecule has 0 radical (unpaired) electrons. The summed E-state index contributed by atoms with van der Waals surface area (Å²) in [6, 6.07) is 6.00. The number of carbonyl (C=O) groups excluding carboxylic acids is 1. The molecule has 0 unspecified atom stereocenters. The van der Waals surface area contributed by atoms with Crippen molar-refractivity contribution in [2.75, 3.05) is 16.9 Å². The molecule has 1 N–H and O–H groups in total. The zero-order valence-electron chi connectivity index (χ0n) is 15.6. The molecule has 0 saturated carbocycles. The molecule has 0 saturated heterocycles. The second-order valence-corrected chi connectivity index (χ2v) is 8.15. The maximum Gasteiger partial charge on any atom is 0.414 e. The lowest BCUT2D eigenvalue weighted by atomic mass is 10.00. The van der Waals surface area contributed by atoms with Crippen LogP contribution in [-0.2, 0) is 11.2 Å². The van der Waals surface area contributed by atoms with Gasteiger partial charge in [0.25, 0.3) is 0 Å². The number of anilines is 2. The standard InChI is InChI=1S/C19H24N4O2S/c1-13-12-26-17(21-13)22-20-11-14-7-8-16-15(10-14)6-5-9-23(16)18(24)25-19(2,3)4/h7-8,10-12H,5-6,9H2,1-4H3,(H,21,22). The van der Waals surface area contributed by atoms with Gasteiger partial charge in [-0.05, 0) is 63.8 Å². The summed E-state index contributed by atoms with van der Waals surface area (Å²) in [5.41, 5.74) is 6.46. The predicted octanol–water partition coefficient (Wildman–Crippen LogP) is 4.59. The number of aryl methyl sites for hydroxylation is 2. The Hall–Kier alpha value is -2.41. The van der Waals surface area contributed by atoms with Gasteiger partial charge in [0, 0.05) is 11.9 Å². The van der Waals surface area contributed by atoms with Crippen molar-refractivity contribution in [2.45, 2.75) is 46.1 Å². The first-order valence-electron chi connectivity index (χ1n) is 8.66. The smallest absolute Gasteiger partial charge is 0.414 e. The molecule has 26 heavy (non-hydrogen) atoms. The minimum Gasteiger partial charge on any atom is -0.443 e. The topological polar surface area (TPSA) is 66.8 Å². The Kier molecular flexibility index (Phi) is 5.27. The zero-order valence-corrected chi connectivity index (χ0v) is 16.4. The van der Waals surface area contributed by atoms with Gasteiger partial charge in [-0.2, -0.15) is 5.10 Å². The van der Waals surface area contributed by atoms with E-state index in [4.69, 9.17) is 4.74 Å². The molecule has 0 bridgehead atoms. The van der Waals surface area contributed by atoms with E-state index in [-0.39, 0.29) is 6.09 Å². The summed E-state index contributed by atoms with van der Waals surface area (Å²) in [6.45, 7) is 8.27. The van der Waals surface area contributed by atoms with Gasteiger partial charge in [-0.3, -0.25) is 10.3 Å². The van der Waals surface area contributed by atoms with E-state index in [9.17, 15) is 4.79 Å². The zero-order chi connectivity index (χ0) is 18.7. The highest BCUT2D eigenvalue weighted by molar-refractivity contribution is 7.13. The molecule has 0 spiro atoms. The molecule has 1 amide bonds. The third-order valence-electron chi connectivity index (χ3n) is 3.83. The van der Waals surface area contributed by atoms with E-state index in [1.165, 1.54) is 11.3 Å². The largest absolute Gasteiger partial charge is 0.443 e. The number of amides is 1. The third kappa shape index (κ3) is 4.60. The van der Waals surface area contributed by atoms with E-state index in [0.717, 1.165) is 40.5 Å². The number of nitrogens with one attached hydrogen (secondary N) is 1. The first-order chi connectivity index (χ1) is 12.3. The summed E-state index contributed by atoms with van der Waals surface area (Å²) < 4.78 is 5.53. The van der Waals surface area contributed by atoms with Crippen molar-refractivity contribution in [1.82, 2.24) is 4.98 Å².